The number of aliphatic hydroxyl groups excluding tert-OH is 1. The SMILES string of the molecule is COc1cccc(C(CCO)N2CCN(c3ccc(Br)c(C)c3)C2=O)c1. The van der Waals surface area contributed by atoms with Gasteiger partial charge in [-0.15, -0.1) is 0 Å². The second-order valence-electron chi connectivity index (χ2n) is 6.37. The van der Waals surface area contributed by atoms with Gasteiger partial charge in [-0.2, -0.15) is 0 Å². The summed E-state index contributed by atoms with van der Waals surface area (Å²) in [5.41, 5.74) is 2.96. The number of hydrogen-bond donors (Lipinski definition) is 1. The standard InChI is InChI=1S/C20H23BrN2O3/c1-14-12-16(6-7-18(14)21)22-9-10-23(20(22)25)19(8-11-24)15-4-3-5-17(13-15)26-2/h3-7,12-13,19,24H,8-11H2,1-2H3. The van der Waals surface area contributed by atoms with Crippen LogP contribution in [0, 0.1) is 6.92 Å². The summed E-state index contributed by atoms with van der Waals surface area (Å²) in [6.07, 6.45) is 0.492. The van der Waals surface area contributed by atoms with E-state index in [1.54, 1.807) is 12.0 Å². The molecule has 1 heterocycles. The maximum atomic E-state index is 13.1. The van der Waals surface area contributed by atoms with Crippen LogP contribution in [-0.4, -0.2) is 42.8 Å². The van der Waals surface area contributed by atoms with Crippen LogP contribution in [-0.2, 0) is 0 Å². The topological polar surface area (TPSA) is 53.0 Å². The number of nitrogens with zero attached hydrogens (tertiary/aromatic N) is 2. The Labute approximate surface area is 162 Å². The number of hydrogen-bond acceptors (Lipinski definition) is 3. The molecule has 0 spiro atoms. The van der Waals surface area contributed by atoms with E-state index in [1.807, 2.05) is 54.3 Å². The van der Waals surface area contributed by atoms with Gasteiger partial charge in [-0.25, -0.2) is 4.79 Å². The molecule has 1 saturated heterocycles. The number of benzene rings is 2. The van der Waals surface area contributed by atoms with Crippen LogP contribution in [0.25, 0.3) is 0 Å². The van der Waals surface area contributed by atoms with E-state index in [4.69, 9.17) is 4.74 Å². The second-order valence-corrected chi connectivity index (χ2v) is 7.22. The Morgan fingerprint density at radius 2 is 2.04 bits per heavy atom. The van der Waals surface area contributed by atoms with Gasteiger partial charge in [0.1, 0.15) is 5.75 Å². The van der Waals surface area contributed by atoms with Crippen molar-refractivity contribution in [2.75, 3.05) is 31.7 Å². The average molecular weight is 419 g/mol. The van der Waals surface area contributed by atoms with Crippen LogP contribution < -0.4 is 9.64 Å². The molecule has 2 amide bonds. The van der Waals surface area contributed by atoms with E-state index in [1.165, 1.54) is 0 Å². The van der Waals surface area contributed by atoms with Crippen LogP contribution in [0.4, 0.5) is 10.5 Å². The molecule has 2 aromatic carbocycles. The molecule has 5 nitrogen and oxygen atoms in total. The number of urea groups is 1. The first-order chi connectivity index (χ1) is 12.5. The Hall–Kier alpha value is -2.05. The first-order valence-electron chi connectivity index (χ1n) is 8.64. The lowest BCUT2D eigenvalue weighted by Gasteiger charge is -2.28. The van der Waals surface area contributed by atoms with E-state index in [0.29, 0.717) is 19.5 Å². The Balaban J connectivity index is 1.86. The van der Waals surface area contributed by atoms with Crippen LogP contribution in [0.5, 0.6) is 5.75 Å². The first kappa shape index (κ1) is 18.7. The Kier molecular flexibility index (Phi) is 5.84. The van der Waals surface area contributed by atoms with Crippen molar-refractivity contribution in [3.8, 4) is 5.75 Å². The van der Waals surface area contributed by atoms with Gasteiger partial charge in [0.05, 0.1) is 13.2 Å². The van der Waals surface area contributed by atoms with Crippen molar-refractivity contribution in [3.63, 3.8) is 0 Å². The van der Waals surface area contributed by atoms with Gasteiger partial charge >= 0.3 is 6.03 Å². The largest absolute Gasteiger partial charge is 0.497 e. The number of ether oxygens (including phenoxy) is 1. The van der Waals surface area contributed by atoms with E-state index in [2.05, 4.69) is 15.9 Å². The fourth-order valence-electron chi connectivity index (χ4n) is 3.35. The minimum Gasteiger partial charge on any atom is -0.497 e. The fourth-order valence-corrected chi connectivity index (χ4v) is 3.60. The van der Waals surface area contributed by atoms with E-state index < -0.39 is 0 Å². The van der Waals surface area contributed by atoms with Crippen LogP contribution in [0.15, 0.2) is 46.9 Å². The first-order valence-corrected chi connectivity index (χ1v) is 9.43. The van der Waals surface area contributed by atoms with E-state index in [0.717, 1.165) is 27.0 Å². The highest BCUT2D eigenvalue weighted by Crippen LogP contribution is 2.33. The quantitative estimate of drug-likeness (QED) is 0.766. The lowest BCUT2D eigenvalue weighted by Crippen LogP contribution is -2.35. The zero-order chi connectivity index (χ0) is 18.7. The van der Waals surface area contributed by atoms with Gasteiger partial charge in [0.2, 0.25) is 0 Å². The van der Waals surface area contributed by atoms with Crippen molar-refractivity contribution in [1.82, 2.24) is 4.90 Å². The van der Waals surface area contributed by atoms with Crippen LogP contribution in [0.2, 0.25) is 0 Å². The second kappa shape index (κ2) is 8.10. The third-order valence-electron chi connectivity index (χ3n) is 4.75. The summed E-state index contributed by atoms with van der Waals surface area (Å²) in [5.74, 6) is 0.748. The number of aryl methyl sites for hydroxylation is 1. The molecule has 6 heteroatoms. The molecular formula is C20H23BrN2O3. The molecule has 0 aliphatic carbocycles. The fraction of sp³-hybridized carbons (Fsp3) is 0.350. The summed E-state index contributed by atoms with van der Waals surface area (Å²) >= 11 is 3.50. The monoisotopic (exact) mass is 418 g/mol. The summed E-state index contributed by atoms with van der Waals surface area (Å²) in [4.78, 5) is 16.7. The van der Waals surface area contributed by atoms with Gasteiger partial charge in [0.15, 0.2) is 0 Å². The van der Waals surface area contributed by atoms with Gasteiger partial charge in [-0.1, -0.05) is 28.1 Å². The summed E-state index contributed by atoms with van der Waals surface area (Å²) in [6.45, 7) is 3.28. The molecule has 0 radical (unpaired) electrons. The van der Waals surface area contributed by atoms with Gasteiger partial charge in [-0.05, 0) is 54.8 Å². The molecule has 1 aliphatic heterocycles. The summed E-state index contributed by atoms with van der Waals surface area (Å²) in [5, 5.41) is 9.53. The third-order valence-corrected chi connectivity index (χ3v) is 5.64. The molecule has 1 unspecified atom stereocenters. The lowest BCUT2D eigenvalue weighted by molar-refractivity contribution is 0.179. The zero-order valence-corrected chi connectivity index (χ0v) is 16.6. The maximum absolute atomic E-state index is 13.1. The molecule has 2 aromatic rings. The number of aliphatic hydroxyl groups is 1. The number of methoxy groups -OCH3 is 1. The molecule has 26 heavy (non-hydrogen) atoms. The zero-order valence-electron chi connectivity index (χ0n) is 15.0. The highest BCUT2D eigenvalue weighted by Gasteiger charge is 2.35. The highest BCUT2D eigenvalue weighted by atomic mass is 79.9. The number of anilines is 1. The number of carbonyl (C=O) groups is 1. The van der Waals surface area contributed by atoms with Gasteiger partial charge in [-0.3, -0.25) is 4.90 Å². The molecule has 1 fully saturated rings. The van der Waals surface area contributed by atoms with E-state index in [9.17, 15) is 9.90 Å². The molecule has 1 aliphatic rings. The number of carbonyl (C=O) groups excluding carboxylic acids is 1. The highest BCUT2D eigenvalue weighted by molar-refractivity contribution is 9.10. The predicted molar refractivity (Wildman–Crippen MR) is 106 cm³/mol. The summed E-state index contributed by atoms with van der Waals surface area (Å²) in [7, 11) is 1.62. The van der Waals surface area contributed by atoms with Crippen molar-refractivity contribution < 1.29 is 14.6 Å². The van der Waals surface area contributed by atoms with Crippen molar-refractivity contribution in [2.45, 2.75) is 19.4 Å². The van der Waals surface area contributed by atoms with Crippen molar-refractivity contribution in [1.29, 1.82) is 0 Å². The molecule has 0 saturated carbocycles. The van der Waals surface area contributed by atoms with Gasteiger partial charge < -0.3 is 14.7 Å². The lowest BCUT2D eigenvalue weighted by atomic mass is 10.0. The molecule has 0 aromatic heterocycles. The minimum atomic E-state index is -0.177. The van der Waals surface area contributed by atoms with Crippen LogP contribution in [0.3, 0.4) is 0 Å². The van der Waals surface area contributed by atoms with Crippen molar-refractivity contribution in [2.24, 2.45) is 0 Å². The van der Waals surface area contributed by atoms with E-state index in [-0.39, 0.29) is 18.7 Å². The van der Waals surface area contributed by atoms with Crippen molar-refractivity contribution >= 4 is 27.6 Å². The average Bonchev–Trinajstić information content (AvgIpc) is 3.03. The third kappa shape index (κ3) is 3.71. The molecule has 1 N–H and O–H groups in total. The number of halogens is 1. The molecule has 0 bridgehead atoms. The smallest absolute Gasteiger partial charge is 0.325 e. The van der Waals surface area contributed by atoms with Crippen LogP contribution >= 0.6 is 15.9 Å². The Bertz CT molecular complexity index is 796. The summed E-state index contributed by atoms with van der Waals surface area (Å²) in [6, 6.07) is 13.4. The van der Waals surface area contributed by atoms with Crippen molar-refractivity contribution in [3.05, 3.63) is 58.1 Å². The number of amides is 2. The Morgan fingerprint density at radius 3 is 2.73 bits per heavy atom. The van der Waals surface area contributed by atoms with E-state index >= 15 is 0 Å². The minimum absolute atomic E-state index is 0.0169. The maximum Gasteiger partial charge on any atom is 0.325 e. The molecule has 138 valence electrons. The van der Waals surface area contributed by atoms with Gasteiger partial charge in [0, 0.05) is 29.9 Å². The summed E-state index contributed by atoms with van der Waals surface area (Å²) < 4.78 is 6.33. The Morgan fingerprint density at radius 1 is 1.23 bits per heavy atom. The number of rotatable bonds is 6. The molecule has 1 atom stereocenters. The van der Waals surface area contributed by atoms with Gasteiger partial charge in [0.25, 0.3) is 0 Å². The normalized spacial score (nSPS) is 15.5. The predicted octanol–water partition coefficient (Wildman–Crippen LogP) is 4.13. The van der Waals surface area contributed by atoms with Crippen LogP contribution in [0.1, 0.15) is 23.6 Å². The molecule has 3 rings (SSSR count). The molecular weight excluding hydrogens is 396 g/mol.